The Hall–Kier alpha value is -1.46. The van der Waals surface area contributed by atoms with E-state index in [0.717, 1.165) is 25.7 Å². The van der Waals surface area contributed by atoms with Crippen LogP contribution in [0.15, 0.2) is 0 Å². The maximum absolute atomic E-state index is 10.9. The summed E-state index contributed by atoms with van der Waals surface area (Å²) in [6.07, 6.45) is 3.00. The largest absolute Gasteiger partial charge is 0.443 e. The molecule has 0 unspecified atom stereocenters. The highest BCUT2D eigenvalue weighted by Gasteiger charge is 2.50. The van der Waals surface area contributed by atoms with Crippen LogP contribution in [-0.2, 0) is 9.47 Å². The Morgan fingerprint density at radius 2 is 0.781 bits per heavy atom. The number of primary amides is 2. The van der Waals surface area contributed by atoms with Gasteiger partial charge in [0, 0.05) is 10.8 Å². The molecule has 0 aromatic carbocycles. The Labute approximate surface area is 198 Å². The van der Waals surface area contributed by atoms with E-state index in [1.165, 1.54) is 0 Å². The van der Waals surface area contributed by atoms with Gasteiger partial charge in [0.05, 0.1) is 0 Å². The third kappa shape index (κ3) is 7.84. The van der Waals surface area contributed by atoms with E-state index in [4.69, 9.17) is 20.9 Å². The molecule has 6 heteroatoms. The van der Waals surface area contributed by atoms with Crippen molar-refractivity contribution in [2.24, 2.45) is 33.1 Å². The van der Waals surface area contributed by atoms with Gasteiger partial charge in [-0.2, -0.15) is 0 Å². The third-order valence-corrected chi connectivity index (χ3v) is 8.86. The molecule has 0 fully saturated rings. The van der Waals surface area contributed by atoms with Gasteiger partial charge in [0.15, 0.2) is 0 Å². The fourth-order valence-electron chi connectivity index (χ4n) is 4.26. The Kier molecular flexibility index (Phi) is 11.4. The van der Waals surface area contributed by atoms with Crippen LogP contribution in [0.2, 0.25) is 0 Å². The van der Waals surface area contributed by atoms with Gasteiger partial charge in [-0.1, -0.05) is 82.1 Å². The number of nitrogens with two attached hydrogens (primary N) is 2. The van der Waals surface area contributed by atoms with Gasteiger partial charge in [-0.25, -0.2) is 9.59 Å². The fourth-order valence-corrected chi connectivity index (χ4v) is 4.26. The first-order valence-corrected chi connectivity index (χ1v) is 11.9. The minimum Gasteiger partial charge on any atom is -0.443 e. The quantitative estimate of drug-likeness (QED) is 0.355. The predicted octanol–water partition coefficient (Wildman–Crippen LogP) is 7.43. The summed E-state index contributed by atoms with van der Waals surface area (Å²) in [7, 11) is 0. The summed E-state index contributed by atoms with van der Waals surface area (Å²) in [6, 6.07) is 0. The maximum Gasteiger partial charge on any atom is 0.405 e. The second-order valence-corrected chi connectivity index (χ2v) is 12.4. The lowest BCUT2D eigenvalue weighted by molar-refractivity contribution is -0.107. The zero-order valence-corrected chi connectivity index (χ0v) is 23.6. The molecule has 0 bridgehead atoms. The number of hydrogen-bond donors (Lipinski definition) is 2. The highest BCUT2D eigenvalue weighted by Crippen LogP contribution is 2.51. The van der Waals surface area contributed by atoms with Crippen LogP contribution in [-0.4, -0.2) is 23.4 Å². The maximum atomic E-state index is 10.9. The zero-order valence-electron chi connectivity index (χ0n) is 23.6. The summed E-state index contributed by atoms with van der Waals surface area (Å²) in [5, 5.41) is 0. The van der Waals surface area contributed by atoms with Crippen molar-refractivity contribution in [2.45, 2.75) is 134 Å². The molecule has 0 saturated carbocycles. The van der Waals surface area contributed by atoms with Gasteiger partial charge in [0.2, 0.25) is 0 Å². The zero-order chi connectivity index (χ0) is 26.4. The van der Waals surface area contributed by atoms with Crippen LogP contribution in [0.4, 0.5) is 9.59 Å². The van der Waals surface area contributed by atoms with Gasteiger partial charge < -0.3 is 20.9 Å². The van der Waals surface area contributed by atoms with E-state index in [1.54, 1.807) is 0 Å². The van der Waals surface area contributed by atoms with Gasteiger partial charge in [0.25, 0.3) is 0 Å². The fraction of sp³-hybridized carbons (Fsp3) is 0.923. The topological polar surface area (TPSA) is 105 Å². The van der Waals surface area contributed by atoms with Crippen LogP contribution in [0.1, 0.15) is 123 Å². The monoisotopic (exact) mass is 458 g/mol. The summed E-state index contributed by atoms with van der Waals surface area (Å²) in [4.78, 5) is 21.9. The number of ether oxygens (including phenoxy) is 2. The average molecular weight is 459 g/mol. The summed E-state index contributed by atoms with van der Waals surface area (Å²) >= 11 is 0. The van der Waals surface area contributed by atoms with Crippen molar-refractivity contribution in [3.63, 3.8) is 0 Å². The van der Waals surface area contributed by atoms with Crippen LogP contribution in [0.5, 0.6) is 0 Å². The third-order valence-electron chi connectivity index (χ3n) is 8.86. The van der Waals surface area contributed by atoms with Gasteiger partial charge in [-0.05, 0) is 51.4 Å². The summed E-state index contributed by atoms with van der Waals surface area (Å²) in [5.41, 5.74) is 8.99. The van der Waals surface area contributed by atoms with Crippen molar-refractivity contribution < 1.29 is 19.1 Å². The summed E-state index contributed by atoms with van der Waals surface area (Å²) in [5.74, 6) is 0. The molecule has 6 nitrogen and oxygen atoms in total. The van der Waals surface area contributed by atoms with Gasteiger partial charge in [-0.15, -0.1) is 0 Å². The van der Waals surface area contributed by atoms with Gasteiger partial charge in [0.1, 0.15) is 11.2 Å². The van der Waals surface area contributed by atoms with E-state index < -0.39 is 23.4 Å². The smallest absolute Gasteiger partial charge is 0.405 e. The van der Waals surface area contributed by atoms with E-state index in [0.29, 0.717) is 0 Å². The normalized spacial score (nSPS) is 13.7. The predicted molar refractivity (Wildman–Crippen MR) is 134 cm³/mol. The molecule has 4 N–H and O–H groups in total. The molecular formula is C26H54N2O4. The number of amides is 2. The summed E-state index contributed by atoms with van der Waals surface area (Å²) < 4.78 is 10.5. The van der Waals surface area contributed by atoms with Gasteiger partial charge >= 0.3 is 12.2 Å². The summed E-state index contributed by atoms with van der Waals surface area (Å²) in [6.45, 7) is 29.4. The highest BCUT2D eigenvalue weighted by molar-refractivity contribution is 5.65. The minimum atomic E-state index is -0.703. The second-order valence-electron chi connectivity index (χ2n) is 12.4. The molecule has 0 heterocycles. The number of rotatable bonds is 10. The van der Waals surface area contributed by atoms with Crippen molar-refractivity contribution in [2.75, 3.05) is 0 Å². The molecule has 0 rings (SSSR count). The standard InChI is InChI=1S/2C13H27NO2/c2*1-8-9-11(2,3)12(4,5)13(6,7)16-10(14)15/h2*8-9H2,1-7H3,(H2,14,15). The van der Waals surface area contributed by atoms with E-state index in [-0.39, 0.29) is 21.7 Å². The molecule has 32 heavy (non-hydrogen) atoms. The average Bonchev–Trinajstić information content (AvgIpc) is 2.52. The lowest BCUT2D eigenvalue weighted by Gasteiger charge is -2.51. The van der Waals surface area contributed by atoms with Crippen molar-refractivity contribution in [1.82, 2.24) is 0 Å². The molecule has 0 saturated heterocycles. The Bertz CT molecular complexity index is 563. The molecule has 0 atom stereocenters. The molecule has 0 aliphatic heterocycles. The molecule has 0 aliphatic rings. The minimum absolute atomic E-state index is 0.0840. The van der Waals surface area contributed by atoms with Crippen molar-refractivity contribution >= 4 is 12.2 Å². The molecule has 0 aromatic heterocycles. The van der Waals surface area contributed by atoms with Crippen LogP contribution < -0.4 is 11.5 Å². The lowest BCUT2D eigenvalue weighted by Crippen LogP contribution is -2.52. The van der Waals surface area contributed by atoms with E-state index in [2.05, 4.69) is 69.2 Å². The van der Waals surface area contributed by atoms with Crippen molar-refractivity contribution in [3.05, 3.63) is 0 Å². The van der Waals surface area contributed by atoms with E-state index in [1.807, 2.05) is 27.7 Å². The van der Waals surface area contributed by atoms with Crippen LogP contribution >= 0.6 is 0 Å². The van der Waals surface area contributed by atoms with E-state index in [9.17, 15) is 9.59 Å². The Balaban J connectivity index is 0. The molecular weight excluding hydrogens is 404 g/mol. The highest BCUT2D eigenvalue weighted by atomic mass is 16.6. The van der Waals surface area contributed by atoms with Crippen LogP contribution in [0.25, 0.3) is 0 Å². The first-order chi connectivity index (χ1) is 14.0. The SMILES string of the molecule is CCCC(C)(C)C(C)(C)C(C)(C)OC(N)=O.CCCC(C)(C)C(C)(C)C(C)(C)OC(N)=O. The van der Waals surface area contributed by atoms with E-state index >= 15 is 0 Å². The molecule has 0 aliphatic carbocycles. The van der Waals surface area contributed by atoms with Crippen molar-refractivity contribution in [3.8, 4) is 0 Å². The molecule has 0 radical (unpaired) electrons. The molecule has 0 spiro atoms. The van der Waals surface area contributed by atoms with Crippen molar-refractivity contribution in [1.29, 1.82) is 0 Å². The van der Waals surface area contributed by atoms with Crippen LogP contribution in [0, 0.1) is 21.7 Å². The van der Waals surface area contributed by atoms with Gasteiger partial charge in [-0.3, -0.25) is 0 Å². The Morgan fingerprint density at radius 3 is 0.938 bits per heavy atom. The first kappa shape index (κ1) is 32.7. The number of carbonyl (C=O) groups is 2. The Morgan fingerprint density at radius 1 is 0.562 bits per heavy atom. The molecule has 0 aromatic rings. The number of carbonyl (C=O) groups excluding carboxylic acids is 2. The molecule has 2 amide bonds. The lowest BCUT2D eigenvalue weighted by atomic mass is 9.58. The van der Waals surface area contributed by atoms with Crippen LogP contribution in [0.3, 0.4) is 0 Å². The number of hydrogen-bond acceptors (Lipinski definition) is 4. The second kappa shape index (κ2) is 11.1. The first-order valence-electron chi connectivity index (χ1n) is 11.9. The molecule has 192 valence electrons.